The number of anilines is 4. The van der Waals surface area contributed by atoms with E-state index in [1.54, 1.807) is 0 Å². The van der Waals surface area contributed by atoms with Crippen LogP contribution in [0, 0.1) is 0 Å². The fourth-order valence-electron chi connectivity index (χ4n) is 6.81. The summed E-state index contributed by atoms with van der Waals surface area (Å²) in [6.07, 6.45) is 20.6. The average molecular weight is 605 g/mol. The van der Waals surface area contributed by atoms with Crippen molar-refractivity contribution in [1.82, 2.24) is 0 Å². The third-order valence-corrected chi connectivity index (χ3v) is 9.11. The van der Waals surface area contributed by atoms with Gasteiger partial charge >= 0.3 is 0 Å². The molecule has 226 valence electrons. The number of benzene rings is 6. The lowest BCUT2D eigenvalue weighted by atomic mass is 10.0. The summed E-state index contributed by atoms with van der Waals surface area (Å²) in [5.74, 6) is 0. The van der Waals surface area contributed by atoms with E-state index in [9.17, 15) is 0 Å². The van der Waals surface area contributed by atoms with Gasteiger partial charge in [0.2, 0.25) is 0 Å². The zero-order chi connectivity index (χ0) is 31.4. The van der Waals surface area contributed by atoms with Gasteiger partial charge in [-0.25, -0.2) is 0 Å². The topological polar surface area (TPSA) is 6.48 Å². The van der Waals surface area contributed by atoms with Gasteiger partial charge in [0.15, 0.2) is 0 Å². The van der Waals surface area contributed by atoms with Crippen LogP contribution in [0.3, 0.4) is 0 Å². The minimum absolute atomic E-state index is 0.900. The zero-order valence-corrected chi connectivity index (χ0v) is 26.3. The van der Waals surface area contributed by atoms with Crippen LogP contribution in [-0.2, 0) is 0 Å². The normalized spacial score (nSPS) is 14.1. The Bertz CT molecular complexity index is 2200. The van der Waals surface area contributed by atoms with E-state index in [4.69, 9.17) is 0 Å². The van der Waals surface area contributed by atoms with Gasteiger partial charge in [0.1, 0.15) is 0 Å². The van der Waals surface area contributed by atoms with Crippen molar-refractivity contribution < 1.29 is 0 Å². The highest BCUT2D eigenvalue weighted by Crippen LogP contribution is 2.40. The molecule has 2 heteroatoms. The van der Waals surface area contributed by atoms with Gasteiger partial charge in [-0.2, -0.15) is 0 Å². The molecule has 0 aliphatic heterocycles. The van der Waals surface area contributed by atoms with Gasteiger partial charge < -0.3 is 9.80 Å². The first-order chi connectivity index (χ1) is 23.3. The molecule has 0 amide bonds. The lowest BCUT2D eigenvalue weighted by Gasteiger charge is -2.30. The van der Waals surface area contributed by atoms with Gasteiger partial charge in [0.25, 0.3) is 0 Å². The first-order valence-electron chi connectivity index (χ1n) is 16.5. The molecule has 6 aromatic carbocycles. The monoisotopic (exact) mass is 604 g/mol. The third-order valence-electron chi connectivity index (χ3n) is 9.11. The molecule has 0 saturated heterocycles. The highest BCUT2D eigenvalue weighted by molar-refractivity contribution is 5.98. The predicted octanol–water partition coefficient (Wildman–Crippen LogP) is 12.6. The first-order valence-corrected chi connectivity index (χ1v) is 16.5. The van der Waals surface area contributed by atoms with E-state index >= 15 is 0 Å². The standard InChI is InChI=1S/C45H36N2/c1-2-5-19-38(18-4-1)46(44-24-12-16-36-14-8-10-22-42(36)44)40-30-26-34(27-31-40)35-28-32-41(33-29-35)47(39-20-6-3-7-21-39)45-25-13-17-37-15-9-11-23-43(37)45/h1-4,6,8-20,22-33H,5,7,21H2. The van der Waals surface area contributed by atoms with Crippen molar-refractivity contribution in [2.24, 2.45) is 0 Å². The molecule has 0 bridgehead atoms. The van der Waals surface area contributed by atoms with E-state index in [-0.39, 0.29) is 0 Å². The van der Waals surface area contributed by atoms with Crippen molar-refractivity contribution in [1.29, 1.82) is 0 Å². The first kappa shape index (κ1) is 28.6. The van der Waals surface area contributed by atoms with Crippen LogP contribution in [0.15, 0.2) is 193 Å². The van der Waals surface area contributed by atoms with E-state index in [0.717, 1.165) is 24.9 Å². The molecule has 6 aromatic rings. The maximum absolute atomic E-state index is 2.43. The fourth-order valence-corrected chi connectivity index (χ4v) is 6.81. The van der Waals surface area contributed by atoms with Gasteiger partial charge in [-0.3, -0.25) is 0 Å². The van der Waals surface area contributed by atoms with E-state index in [1.165, 1.54) is 61.1 Å². The van der Waals surface area contributed by atoms with Crippen LogP contribution in [0.5, 0.6) is 0 Å². The fraction of sp³-hybridized carbons (Fsp3) is 0.0667. The maximum atomic E-state index is 2.43. The molecule has 0 saturated carbocycles. The van der Waals surface area contributed by atoms with Crippen LogP contribution in [0.4, 0.5) is 22.7 Å². The van der Waals surface area contributed by atoms with E-state index < -0.39 is 0 Å². The molecule has 0 N–H and O–H groups in total. The molecule has 2 nitrogen and oxygen atoms in total. The van der Waals surface area contributed by atoms with Gasteiger partial charge in [-0.1, -0.05) is 134 Å². The van der Waals surface area contributed by atoms with Crippen molar-refractivity contribution in [2.45, 2.75) is 19.3 Å². The molecule has 8 rings (SSSR count). The molecule has 2 aliphatic carbocycles. The number of hydrogen-bond acceptors (Lipinski definition) is 2. The van der Waals surface area contributed by atoms with Gasteiger partial charge in [-0.05, 0) is 89.7 Å². The second kappa shape index (κ2) is 12.9. The Morgan fingerprint density at radius 2 is 1.04 bits per heavy atom. The Hall–Kier alpha value is -5.86. The summed E-state index contributed by atoms with van der Waals surface area (Å²) in [6.45, 7) is 0. The molecule has 0 atom stereocenters. The Balaban J connectivity index is 1.15. The minimum Gasteiger partial charge on any atom is -0.314 e. The highest BCUT2D eigenvalue weighted by atomic mass is 15.2. The molecular formula is C45H36N2. The van der Waals surface area contributed by atoms with Crippen LogP contribution in [0.1, 0.15) is 19.3 Å². The number of rotatable bonds is 7. The van der Waals surface area contributed by atoms with E-state index in [0.29, 0.717) is 0 Å². The molecule has 47 heavy (non-hydrogen) atoms. The Morgan fingerprint density at radius 3 is 1.66 bits per heavy atom. The van der Waals surface area contributed by atoms with Crippen LogP contribution in [-0.4, -0.2) is 0 Å². The van der Waals surface area contributed by atoms with Crippen molar-refractivity contribution >= 4 is 44.3 Å². The van der Waals surface area contributed by atoms with Crippen LogP contribution in [0.2, 0.25) is 0 Å². The predicted molar refractivity (Wildman–Crippen MR) is 201 cm³/mol. The Morgan fingerprint density at radius 1 is 0.468 bits per heavy atom. The average Bonchev–Trinajstić information content (AvgIpc) is 3.43. The van der Waals surface area contributed by atoms with Gasteiger partial charge in [0.05, 0.1) is 11.4 Å². The second-order valence-electron chi connectivity index (χ2n) is 12.0. The maximum Gasteiger partial charge on any atom is 0.0539 e. The number of hydrogen-bond donors (Lipinski definition) is 0. The van der Waals surface area contributed by atoms with Crippen molar-refractivity contribution in [3.63, 3.8) is 0 Å². The van der Waals surface area contributed by atoms with Gasteiger partial charge in [0, 0.05) is 33.5 Å². The molecular weight excluding hydrogens is 569 g/mol. The lowest BCUT2D eigenvalue weighted by Crippen LogP contribution is -2.17. The second-order valence-corrected chi connectivity index (χ2v) is 12.0. The zero-order valence-electron chi connectivity index (χ0n) is 26.3. The Kier molecular flexibility index (Phi) is 7.83. The quantitative estimate of drug-likeness (QED) is 0.179. The van der Waals surface area contributed by atoms with Crippen molar-refractivity contribution in [3.8, 4) is 11.1 Å². The summed E-state index contributed by atoms with van der Waals surface area (Å²) >= 11 is 0. The largest absolute Gasteiger partial charge is 0.314 e. The molecule has 2 aliphatic rings. The summed E-state index contributed by atoms with van der Waals surface area (Å²) in [6, 6.07) is 48.5. The van der Waals surface area contributed by atoms with Crippen LogP contribution in [0.25, 0.3) is 32.7 Å². The molecule has 0 radical (unpaired) electrons. The SMILES string of the molecule is C1=CCC=C(N(c2ccc(-c3ccc(N(C4=CC=CCC4)c4cccc5ccccc45)cc3)cc2)c2cccc3ccccc23)C=C1. The van der Waals surface area contributed by atoms with Crippen molar-refractivity contribution in [2.75, 3.05) is 9.80 Å². The summed E-state index contributed by atoms with van der Waals surface area (Å²) in [7, 11) is 0. The smallest absolute Gasteiger partial charge is 0.0539 e. The summed E-state index contributed by atoms with van der Waals surface area (Å²) < 4.78 is 0. The molecule has 0 fully saturated rings. The minimum atomic E-state index is 0.900. The lowest BCUT2D eigenvalue weighted by molar-refractivity contribution is 0.919. The molecule has 0 heterocycles. The van der Waals surface area contributed by atoms with E-state index in [2.05, 4.69) is 192 Å². The summed E-state index contributed by atoms with van der Waals surface area (Å²) in [4.78, 5) is 4.82. The number of allylic oxidation sites excluding steroid dienone is 9. The molecule has 0 unspecified atom stereocenters. The summed E-state index contributed by atoms with van der Waals surface area (Å²) in [5, 5.41) is 4.99. The summed E-state index contributed by atoms with van der Waals surface area (Å²) in [5.41, 5.74) is 9.58. The van der Waals surface area contributed by atoms with Gasteiger partial charge in [-0.15, -0.1) is 0 Å². The third kappa shape index (κ3) is 5.71. The number of fused-ring (bicyclic) bond motifs is 2. The molecule has 0 spiro atoms. The highest BCUT2D eigenvalue weighted by Gasteiger charge is 2.19. The van der Waals surface area contributed by atoms with Crippen LogP contribution >= 0.6 is 0 Å². The van der Waals surface area contributed by atoms with E-state index in [1.807, 2.05) is 0 Å². The van der Waals surface area contributed by atoms with Crippen molar-refractivity contribution in [3.05, 3.63) is 193 Å². The molecule has 0 aromatic heterocycles. The van der Waals surface area contributed by atoms with Crippen LogP contribution < -0.4 is 9.80 Å². The number of nitrogens with zero attached hydrogens (tertiary/aromatic N) is 2. The Labute approximate surface area is 277 Å².